The minimum absolute atomic E-state index is 0.583. The van der Waals surface area contributed by atoms with E-state index in [9.17, 15) is 0 Å². The molecule has 0 radical (unpaired) electrons. The van der Waals surface area contributed by atoms with E-state index in [1.807, 2.05) is 25.4 Å². The Kier molecular flexibility index (Phi) is 7.08. The molecule has 0 spiro atoms. The molecule has 1 atom stereocenters. The van der Waals surface area contributed by atoms with Crippen LogP contribution >= 0.6 is 0 Å². The average molecular weight is 361 g/mol. The van der Waals surface area contributed by atoms with Crippen molar-refractivity contribution in [3.63, 3.8) is 0 Å². The van der Waals surface area contributed by atoms with Crippen molar-refractivity contribution >= 4 is 11.8 Å². The molecule has 7 heteroatoms. The van der Waals surface area contributed by atoms with E-state index in [4.69, 9.17) is 4.74 Å². The molecule has 0 bridgehead atoms. The standard InChI is InChI=1S/C19H32N6O/c1-17(16-23-11-13-26-14-12-23)15-22-19(20-2)25-9-7-24(8-10-25)18-5-3-4-6-21-18/h3-6,17H,7-16H2,1-2H3,(H,20,22). The molecule has 1 aromatic rings. The maximum Gasteiger partial charge on any atom is 0.193 e. The summed E-state index contributed by atoms with van der Waals surface area (Å²) in [6.45, 7) is 12.1. The van der Waals surface area contributed by atoms with E-state index in [0.717, 1.165) is 77.3 Å². The summed E-state index contributed by atoms with van der Waals surface area (Å²) in [5, 5.41) is 3.57. The van der Waals surface area contributed by atoms with Crippen LogP contribution in [-0.4, -0.2) is 93.4 Å². The van der Waals surface area contributed by atoms with Gasteiger partial charge in [-0.15, -0.1) is 0 Å². The highest BCUT2D eigenvalue weighted by Crippen LogP contribution is 2.12. The van der Waals surface area contributed by atoms with E-state index in [1.54, 1.807) is 0 Å². The van der Waals surface area contributed by atoms with Crippen LogP contribution in [0.25, 0.3) is 0 Å². The van der Waals surface area contributed by atoms with Gasteiger partial charge in [0.2, 0.25) is 0 Å². The van der Waals surface area contributed by atoms with Gasteiger partial charge in [0.05, 0.1) is 13.2 Å². The molecule has 2 fully saturated rings. The first kappa shape index (κ1) is 18.9. The molecule has 0 aliphatic carbocycles. The number of hydrogen-bond donors (Lipinski definition) is 1. The second-order valence-electron chi connectivity index (χ2n) is 7.11. The fourth-order valence-electron chi connectivity index (χ4n) is 3.58. The number of nitrogens with one attached hydrogen (secondary N) is 1. The summed E-state index contributed by atoms with van der Waals surface area (Å²) in [6, 6.07) is 6.09. The Labute approximate surface area is 157 Å². The molecule has 1 N–H and O–H groups in total. The maximum absolute atomic E-state index is 5.43. The summed E-state index contributed by atoms with van der Waals surface area (Å²) in [5.74, 6) is 2.66. The van der Waals surface area contributed by atoms with E-state index < -0.39 is 0 Å². The van der Waals surface area contributed by atoms with Crippen molar-refractivity contribution in [1.82, 2.24) is 20.1 Å². The number of aromatic nitrogens is 1. The molecule has 2 aliphatic heterocycles. The molecule has 0 aromatic carbocycles. The van der Waals surface area contributed by atoms with Crippen LogP contribution in [0.4, 0.5) is 5.82 Å². The van der Waals surface area contributed by atoms with Gasteiger partial charge in [-0.2, -0.15) is 0 Å². The minimum atomic E-state index is 0.583. The fourth-order valence-corrected chi connectivity index (χ4v) is 3.58. The summed E-state index contributed by atoms with van der Waals surface area (Å²) >= 11 is 0. The van der Waals surface area contributed by atoms with E-state index in [2.05, 4.69) is 43.0 Å². The monoisotopic (exact) mass is 360 g/mol. The fraction of sp³-hybridized carbons (Fsp3) is 0.684. The second kappa shape index (κ2) is 9.73. The van der Waals surface area contributed by atoms with Crippen molar-refractivity contribution in [2.45, 2.75) is 6.92 Å². The van der Waals surface area contributed by atoms with Gasteiger partial charge in [-0.1, -0.05) is 13.0 Å². The lowest BCUT2D eigenvalue weighted by Gasteiger charge is -2.37. The van der Waals surface area contributed by atoms with Crippen LogP contribution < -0.4 is 10.2 Å². The number of ether oxygens (including phenoxy) is 1. The molecule has 1 unspecified atom stereocenters. The molecule has 3 heterocycles. The van der Waals surface area contributed by atoms with Gasteiger partial charge in [0.15, 0.2) is 5.96 Å². The van der Waals surface area contributed by atoms with Gasteiger partial charge in [0.25, 0.3) is 0 Å². The predicted molar refractivity (Wildman–Crippen MR) is 106 cm³/mol. The second-order valence-corrected chi connectivity index (χ2v) is 7.11. The Morgan fingerprint density at radius 3 is 2.62 bits per heavy atom. The van der Waals surface area contributed by atoms with Crippen molar-refractivity contribution in [2.24, 2.45) is 10.9 Å². The Bertz CT molecular complexity index is 552. The van der Waals surface area contributed by atoms with Crippen molar-refractivity contribution in [1.29, 1.82) is 0 Å². The summed E-state index contributed by atoms with van der Waals surface area (Å²) in [6.07, 6.45) is 1.86. The number of morpholine rings is 1. The van der Waals surface area contributed by atoms with Crippen molar-refractivity contribution in [3.05, 3.63) is 24.4 Å². The van der Waals surface area contributed by atoms with Crippen LogP contribution in [0.3, 0.4) is 0 Å². The minimum Gasteiger partial charge on any atom is -0.379 e. The molecule has 0 saturated carbocycles. The zero-order chi connectivity index (χ0) is 18.2. The number of piperazine rings is 1. The molecule has 144 valence electrons. The van der Waals surface area contributed by atoms with Gasteiger partial charge >= 0.3 is 0 Å². The first-order chi connectivity index (χ1) is 12.8. The van der Waals surface area contributed by atoms with Crippen LogP contribution in [0, 0.1) is 5.92 Å². The molecule has 26 heavy (non-hydrogen) atoms. The zero-order valence-electron chi connectivity index (χ0n) is 16.1. The van der Waals surface area contributed by atoms with Crippen LogP contribution in [0.1, 0.15) is 6.92 Å². The van der Waals surface area contributed by atoms with Gasteiger partial charge in [-0.3, -0.25) is 9.89 Å². The zero-order valence-corrected chi connectivity index (χ0v) is 16.1. The summed E-state index contributed by atoms with van der Waals surface area (Å²) in [5.41, 5.74) is 0. The van der Waals surface area contributed by atoms with Crippen molar-refractivity contribution in [3.8, 4) is 0 Å². The number of aliphatic imine (C=N–C) groups is 1. The number of rotatable bonds is 5. The molecule has 2 saturated heterocycles. The smallest absolute Gasteiger partial charge is 0.193 e. The van der Waals surface area contributed by atoms with Gasteiger partial charge in [-0.05, 0) is 18.1 Å². The van der Waals surface area contributed by atoms with E-state index in [1.165, 1.54) is 0 Å². The summed E-state index contributed by atoms with van der Waals surface area (Å²) < 4.78 is 5.43. The SMILES string of the molecule is CN=C(NCC(C)CN1CCOCC1)N1CCN(c2ccccn2)CC1. The van der Waals surface area contributed by atoms with Crippen LogP contribution in [0.5, 0.6) is 0 Å². The third-order valence-electron chi connectivity index (χ3n) is 5.05. The van der Waals surface area contributed by atoms with Crippen LogP contribution in [0.2, 0.25) is 0 Å². The molecule has 3 rings (SSSR count). The lowest BCUT2D eigenvalue weighted by molar-refractivity contribution is 0.0320. The first-order valence-corrected chi connectivity index (χ1v) is 9.68. The third kappa shape index (κ3) is 5.32. The normalized spacial score (nSPS) is 20.9. The Morgan fingerprint density at radius 2 is 1.96 bits per heavy atom. The highest BCUT2D eigenvalue weighted by Gasteiger charge is 2.21. The molecule has 7 nitrogen and oxygen atoms in total. The highest BCUT2D eigenvalue weighted by molar-refractivity contribution is 5.80. The van der Waals surface area contributed by atoms with Gasteiger partial charge < -0.3 is 19.9 Å². The van der Waals surface area contributed by atoms with E-state index in [-0.39, 0.29) is 0 Å². The van der Waals surface area contributed by atoms with Gasteiger partial charge in [0, 0.05) is 65.6 Å². The van der Waals surface area contributed by atoms with Crippen LogP contribution in [-0.2, 0) is 4.74 Å². The molecule has 2 aliphatic rings. The quantitative estimate of drug-likeness (QED) is 0.618. The highest BCUT2D eigenvalue weighted by atomic mass is 16.5. The third-order valence-corrected chi connectivity index (χ3v) is 5.05. The number of nitrogens with zero attached hydrogens (tertiary/aromatic N) is 5. The molecular formula is C19H32N6O. The van der Waals surface area contributed by atoms with E-state index in [0.29, 0.717) is 5.92 Å². The number of pyridine rings is 1. The molecule has 0 amide bonds. The van der Waals surface area contributed by atoms with Crippen LogP contribution in [0.15, 0.2) is 29.4 Å². The summed E-state index contributed by atoms with van der Waals surface area (Å²) in [7, 11) is 1.88. The average Bonchev–Trinajstić information content (AvgIpc) is 2.70. The van der Waals surface area contributed by atoms with Crippen molar-refractivity contribution in [2.75, 3.05) is 77.5 Å². The number of hydrogen-bond acceptors (Lipinski definition) is 5. The van der Waals surface area contributed by atoms with Gasteiger partial charge in [0.1, 0.15) is 5.82 Å². The Morgan fingerprint density at radius 1 is 1.19 bits per heavy atom. The topological polar surface area (TPSA) is 56.2 Å². The Balaban J connectivity index is 1.41. The predicted octanol–water partition coefficient (Wildman–Crippen LogP) is 0.747. The molecule has 1 aromatic heterocycles. The lowest BCUT2D eigenvalue weighted by Crippen LogP contribution is -2.53. The van der Waals surface area contributed by atoms with Crippen molar-refractivity contribution < 1.29 is 4.74 Å². The lowest BCUT2D eigenvalue weighted by atomic mass is 10.1. The van der Waals surface area contributed by atoms with E-state index >= 15 is 0 Å². The van der Waals surface area contributed by atoms with Gasteiger partial charge in [-0.25, -0.2) is 4.98 Å². The summed E-state index contributed by atoms with van der Waals surface area (Å²) in [4.78, 5) is 16.1. The maximum atomic E-state index is 5.43. The number of anilines is 1. The number of guanidine groups is 1. The Hall–Kier alpha value is -1.86. The largest absolute Gasteiger partial charge is 0.379 e. The first-order valence-electron chi connectivity index (χ1n) is 9.68. The molecular weight excluding hydrogens is 328 g/mol.